The lowest BCUT2D eigenvalue weighted by Gasteiger charge is -2.17. The zero-order valence-electron chi connectivity index (χ0n) is 11.8. The van der Waals surface area contributed by atoms with Gasteiger partial charge < -0.3 is 10.6 Å². The Balaban J connectivity index is 2.27. The summed E-state index contributed by atoms with van der Waals surface area (Å²) in [6.45, 7) is 9.40. The van der Waals surface area contributed by atoms with Crippen molar-refractivity contribution in [1.82, 2.24) is 10.6 Å². The van der Waals surface area contributed by atoms with Crippen molar-refractivity contribution in [2.75, 3.05) is 6.54 Å². The minimum absolute atomic E-state index is 0.0591. The van der Waals surface area contributed by atoms with E-state index in [0.717, 1.165) is 6.54 Å². The molecule has 0 spiro atoms. The Hall–Kier alpha value is -1.35. The molecule has 1 amide bonds. The highest BCUT2D eigenvalue weighted by atomic mass is 16.1. The largest absolute Gasteiger partial charge is 0.352 e. The van der Waals surface area contributed by atoms with Crippen LogP contribution >= 0.6 is 0 Å². The number of aryl methyl sites for hydroxylation is 1. The summed E-state index contributed by atoms with van der Waals surface area (Å²) >= 11 is 0. The molecular formula is C15H24N2O. The van der Waals surface area contributed by atoms with Gasteiger partial charge in [-0.05, 0) is 25.3 Å². The van der Waals surface area contributed by atoms with Crippen LogP contribution in [0.4, 0.5) is 0 Å². The Labute approximate surface area is 110 Å². The van der Waals surface area contributed by atoms with Crippen LogP contribution in [0.25, 0.3) is 0 Å². The lowest BCUT2D eigenvalue weighted by Crippen LogP contribution is -2.41. The second-order valence-electron chi connectivity index (χ2n) is 5.19. The fraction of sp³-hybridized carbons (Fsp3) is 0.533. The lowest BCUT2D eigenvalue weighted by atomic mass is 10.1. The first-order chi connectivity index (χ1) is 8.49. The molecule has 1 rings (SSSR count). The van der Waals surface area contributed by atoms with Gasteiger partial charge in [0.15, 0.2) is 0 Å². The number of hydrogen-bond acceptors (Lipinski definition) is 2. The van der Waals surface area contributed by atoms with E-state index in [1.807, 2.05) is 13.0 Å². The molecule has 0 saturated heterocycles. The summed E-state index contributed by atoms with van der Waals surface area (Å²) in [4.78, 5) is 11.6. The van der Waals surface area contributed by atoms with Crippen molar-refractivity contribution in [3.63, 3.8) is 0 Å². The van der Waals surface area contributed by atoms with E-state index < -0.39 is 0 Å². The first-order valence-corrected chi connectivity index (χ1v) is 6.54. The van der Waals surface area contributed by atoms with E-state index in [4.69, 9.17) is 0 Å². The Morgan fingerprint density at radius 2 is 2.00 bits per heavy atom. The van der Waals surface area contributed by atoms with Gasteiger partial charge in [0.1, 0.15) is 0 Å². The van der Waals surface area contributed by atoms with Crippen molar-refractivity contribution < 1.29 is 4.79 Å². The summed E-state index contributed by atoms with van der Waals surface area (Å²) in [5.41, 5.74) is 2.45. The third-order valence-electron chi connectivity index (χ3n) is 3.09. The number of carbonyl (C=O) groups is 1. The molecule has 0 aliphatic rings. The SMILES string of the molecule is Cc1cccc(CNCC(=O)NC(C)C(C)C)c1. The molecule has 2 N–H and O–H groups in total. The molecule has 0 heterocycles. The Morgan fingerprint density at radius 1 is 1.28 bits per heavy atom. The van der Waals surface area contributed by atoms with E-state index in [2.05, 4.69) is 49.6 Å². The number of rotatable bonds is 6. The van der Waals surface area contributed by atoms with Crippen LogP contribution in [0.15, 0.2) is 24.3 Å². The van der Waals surface area contributed by atoms with Crippen LogP contribution in [0.2, 0.25) is 0 Å². The van der Waals surface area contributed by atoms with Gasteiger partial charge in [0, 0.05) is 12.6 Å². The minimum atomic E-state index is 0.0591. The molecule has 0 fully saturated rings. The van der Waals surface area contributed by atoms with Crippen molar-refractivity contribution in [2.24, 2.45) is 5.92 Å². The summed E-state index contributed by atoms with van der Waals surface area (Å²) < 4.78 is 0. The minimum Gasteiger partial charge on any atom is -0.352 e. The molecule has 0 radical (unpaired) electrons. The van der Waals surface area contributed by atoms with Crippen molar-refractivity contribution in [2.45, 2.75) is 40.3 Å². The van der Waals surface area contributed by atoms with E-state index in [-0.39, 0.29) is 11.9 Å². The molecular weight excluding hydrogens is 224 g/mol. The third-order valence-corrected chi connectivity index (χ3v) is 3.09. The van der Waals surface area contributed by atoms with Crippen molar-refractivity contribution in [3.8, 4) is 0 Å². The molecule has 1 aromatic rings. The summed E-state index contributed by atoms with van der Waals surface area (Å²) in [7, 11) is 0. The highest BCUT2D eigenvalue weighted by molar-refractivity contribution is 5.78. The van der Waals surface area contributed by atoms with E-state index in [1.165, 1.54) is 11.1 Å². The predicted octanol–water partition coefficient (Wildman–Crippen LogP) is 2.25. The summed E-state index contributed by atoms with van der Waals surface area (Å²) in [6.07, 6.45) is 0. The quantitative estimate of drug-likeness (QED) is 0.810. The molecule has 3 heteroatoms. The monoisotopic (exact) mass is 248 g/mol. The molecule has 1 atom stereocenters. The fourth-order valence-electron chi connectivity index (χ4n) is 1.61. The maximum Gasteiger partial charge on any atom is 0.234 e. The Bertz CT molecular complexity index is 388. The number of amides is 1. The highest BCUT2D eigenvalue weighted by Crippen LogP contribution is 2.03. The molecule has 0 aliphatic heterocycles. The second-order valence-corrected chi connectivity index (χ2v) is 5.19. The van der Waals surface area contributed by atoms with Crippen LogP contribution in [0.1, 0.15) is 31.9 Å². The van der Waals surface area contributed by atoms with Gasteiger partial charge in [-0.2, -0.15) is 0 Å². The maximum absolute atomic E-state index is 11.6. The third kappa shape index (κ3) is 5.32. The van der Waals surface area contributed by atoms with Crippen LogP contribution in [-0.2, 0) is 11.3 Å². The van der Waals surface area contributed by atoms with Crippen LogP contribution < -0.4 is 10.6 Å². The summed E-state index contributed by atoms with van der Waals surface area (Å²) in [5, 5.41) is 6.14. The lowest BCUT2D eigenvalue weighted by molar-refractivity contribution is -0.121. The predicted molar refractivity (Wildman–Crippen MR) is 75.3 cm³/mol. The van der Waals surface area contributed by atoms with Gasteiger partial charge in [0.2, 0.25) is 5.91 Å². The standard InChI is InChI=1S/C15H24N2O/c1-11(2)13(4)17-15(18)10-16-9-14-7-5-6-12(3)8-14/h5-8,11,13,16H,9-10H2,1-4H3,(H,17,18). The van der Waals surface area contributed by atoms with Crippen LogP contribution in [0.5, 0.6) is 0 Å². The van der Waals surface area contributed by atoms with Gasteiger partial charge in [0.05, 0.1) is 6.54 Å². The average molecular weight is 248 g/mol. The Morgan fingerprint density at radius 3 is 2.61 bits per heavy atom. The van der Waals surface area contributed by atoms with Crippen LogP contribution in [0.3, 0.4) is 0 Å². The fourth-order valence-corrected chi connectivity index (χ4v) is 1.61. The topological polar surface area (TPSA) is 41.1 Å². The molecule has 18 heavy (non-hydrogen) atoms. The maximum atomic E-state index is 11.6. The van der Waals surface area contributed by atoms with Gasteiger partial charge >= 0.3 is 0 Å². The second kappa shape index (κ2) is 7.17. The number of carbonyl (C=O) groups excluding carboxylic acids is 1. The number of nitrogens with one attached hydrogen (secondary N) is 2. The molecule has 100 valence electrons. The smallest absolute Gasteiger partial charge is 0.234 e. The van der Waals surface area contributed by atoms with Gasteiger partial charge in [-0.3, -0.25) is 4.79 Å². The first-order valence-electron chi connectivity index (χ1n) is 6.54. The van der Waals surface area contributed by atoms with Crippen molar-refractivity contribution in [3.05, 3.63) is 35.4 Å². The zero-order valence-corrected chi connectivity index (χ0v) is 11.8. The number of benzene rings is 1. The highest BCUT2D eigenvalue weighted by Gasteiger charge is 2.09. The van der Waals surface area contributed by atoms with E-state index in [1.54, 1.807) is 0 Å². The van der Waals surface area contributed by atoms with E-state index >= 15 is 0 Å². The van der Waals surface area contributed by atoms with Crippen LogP contribution in [0, 0.1) is 12.8 Å². The summed E-state index contributed by atoms with van der Waals surface area (Å²) in [5.74, 6) is 0.523. The summed E-state index contributed by atoms with van der Waals surface area (Å²) in [6, 6.07) is 8.52. The van der Waals surface area contributed by atoms with Gasteiger partial charge in [-0.1, -0.05) is 43.7 Å². The van der Waals surface area contributed by atoms with Crippen LogP contribution in [-0.4, -0.2) is 18.5 Å². The molecule has 3 nitrogen and oxygen atoms in total. The Kier molecular flexibility index (Phi) is 5.86. The molecule has 1 aromatic carbocycles. The van der Waals surface area contributed by atoms with Crippen molar-refractivity contribution >= 4 is 5.91 Å². The van der Waals surface area contributed by atoms with Gasteiger partial charge in [0.25, 0.3) is 0 Å². The van der Waals surface area contributed by atoms with Gasteiger partial charge in [-0.25, -0.2) is 0 Å². The van der Waals surface area contributed by atoms with E-state index in [9.17, 15) is 4.79 Å². The molecule has 1 unspecified atom stereocenters. The van der Waals surface area contributed by atoms with Gasteiger partial charge in [-0.15, -0.1) is 0 Å². The molecule has 0 aliphatic carbocycles. The molecule has 0 bridgehead atoms. The first kappa shape index (κ1) is 14.7. The molecule has 0 aromatic heterocycles. The zero-order chi connectivity index (χ0) is 13.5. The molecule has 0 saturated carbocycles. The van der Waals surface area contributed by atoms with E-state index in [0.29, 0.717) is 12.5 Å². The van der Waals surface area contributed by atoms with Crippen molar-refractivity contribution in [1.29, 1.82) is 0 Å². The normalized spacial score (nSPS) is 12.5. The number of hydrogen-bond donors (Lipinski definition) is 2. The average Bonchev–Trinajstić information content (AvgIpc) is 2.28.